The molecule has 1 aliphatic rings. The Balaban J connectivity index is 0.00000171. The summed E-state index contributed by atoms with van der Waals surface area (Å²) in [4.78, 5) is 23.5. The zero-order valence-corrected chi connectivity index (χ0v) is 18.9. The molecule has 0 spiro atoms. The van der Waals surface area contributed by atoms with Gasteiger partial charge in [-0.25, -0.2) is 9.97 Å². The van der Waals surface area contributed by atoms with E-state index in [1.165, 1.54) is 0 Å². The van der Waals surface area contributed by atoms with Gasteiger partial charge >= 0.3 is 0 Å². The first-order valence-corrected chi connectivity index (χ1v) is 10.2. The Morgan fingerprint density at radius 3 is 2.45 bits per heavy atom. The largest absolute Gasteiger partial charge is 0.356 e. The van der Waals surface area contributed by atoms with Gasteiger partial charge in [0.25, 0.3) is 0 Å². The number of para-hydroxylation sites is 1. The van der Waals surface area contributed by atoms with Crippen LogP contribution in [0.25, 0.3) is 10.9 Å². The second-order valence-corrected chi connectivity index (χ2v) is 7.70. The van der Waals surface area contributed by atoms with E-state index in [4.69, 9.17) is 5.73 Å². The third-order valence-corrected chi connectivity index (χ3v) is 5.47. The molecule has 4 rings (SSSR count). The topological polar surface area (TPSA) is 84.1 Å². The Kier molecular flexibility index (Phi) is 9.49. The molecule has 166 valence electrons. The van der Waals surface area contributed by atoms with E-state index in [0.717, 1.165) is 48.2 Å². The zero-order chi connectivity index (χ0) is 20.1. The maximum atomic E-state index is 12.4. The number of amides is 1. The second kappa shape index (κ2) is 11.8. The van der Waals surface area contributed by atoms with Crippen LogP contribution in [-0.4, -0.2) is 41.0 Å². The minimum absolute atomic E-state index is 0. The van der Waals surface area contributed by atoms with Crippen molar-refractivity contribution in [1.29, 1.82) is 0 Å². The number of benzene rings is 2. The van der Waals surface area contributed by atoms with Crippen molar-refractivity contribution in [3.05, 3.63) is 66.5 Å². The van der Waals surface area contributed by atoms with Crippen LogP contribution in [0, 0.1) is 0 Å². The highest BCUT2D eigenvalue weighted by Gasteiger charge is 2.23. The number of carbonyl (C=O) groups excluding carboxylic acids is 1. The summed E-state index contributed by atoms with van der Waals surface area (Å²) in [5.41, 5.74) is 8.30. The minimum atomic E-state index is -0.162. The molecule has 1 unspecified atom stereocenters. The lowest BCUT2D eigenvalue weighted by atomic mass is 10.0. The normalized spacial score (nSPS) is 14.9. The number of hydrogen-bond acceptors (Lipinski definition) is 5. The summed E-state index contributed by atoms with van der Waals surface area (Å²) in [6.07, 6.45) is 4.49. The van der Waals surface area contributed by atoms with Crippen LogP contribution >= 0.6 is 24.8 Å². The smallest absolute Gasteiger partial charge is 0.221 e. The van der Waals surface area contributed by atoms with E-state index in [1.807, 2.05) is 48.5 Å². The second-order valence-electron chi connectivity index (χ2n) is 7.70. The summed E-state index contributed by atoms with van der Waals surface area (Å²) in [7, 11) is 0. The van der Waals surface area contributed by atoms with Gasteiger partial charge in [-0.3, -0.25) is 4.79 Å². The molecule has 0 radical (unpaired) electrons. The lowest BCUT2D eigenvalue weighted by Gasteiger charge is -2.33. The van der Waals surface area contributed by atoms with E-state index in [9.17, 15) is 4.79 Å². The number of hydrogen-bond donors (Lipinski definition) is 2. The van der Waals surface area contributed by atoms with Gasteiger partial charge in [-0.2, -0.15) is 0 Å². The number of halogens is 2. The highest BCUT2D eigenvalue weighted by atomic mass is 35.5. The van der Waals surface area contributed by atoms with Crippen molar-refractivity contribution < 1.29 is 4.79 Å². The summed E-state index contributed by atoms with van der Waals surface area (Å²) < 4.78 is 0. The third kappa shape index (κ3) is 6.53. The van der Waals surface area contributed by atoms with Crippen LogP contribution in [0.15, 0.2) is 60.9 Å². The molecule has 31 heavy (non-hydrogen) atoms. The first kappa shape index (κ1) is 24.9. The maximum absolute atomic E-state index is 12.4. The van der Waals surface area contributed by atoms with Gasteiger partial charge in [0.15, 0.2) is 0 Å². The van der Waals surface area contributed by atoms with Crippen LogP contribution in [0.5, 0.6) is 0 Å². The Bertz CT molecular complexity index is 959. The molecule has 0 bridgehead atoms. The number of anilines is 1. The lowest BCUT2D eigenvalue weighted by Crippen LogP contribution is -2.46. The molecule has 1 aliphatic heterocycles. The molecule has 3 aromatic rings. The van der Waals surface area contributed by atoms with E-state index in [0.29, 0.717) is 12.8 Å². The Labute approximate surface area is 195 Å². The summed E-state index contributed by atoms with van der Waals surface area (Å²) in [5, 5.41) is 4.24. The molecule has 2 heterocycles. The summed E-state index contributed by atoms with van der Waals surface area (Å²) in [5.74, 6) is 1.02. The van der Waals surface area contributed by atoms with Crippen molar-refractivity contribution in [2.75, 3.05) is 18.0 Å². The van der Waals surface area contributed by atoms with Crippen LogP contribution < -0.4 is 16.0 Å². The van der Waals surface area contributed by atoms with Gasteiger partial charge in [0.1, 0.15) is 12.1 Å². The molecule has 1 atom stereocenters. The van der Waals surface area contributed by atoms with Crippen LogP contribution in [0.2, 0.25) is 0 Å². The van der Waals surface area contributed by atoms with Gasteiger partial charge in [-0.1, -0.05) is 42.5 Å². The Hall–Kier alpha value is -2.41. The predicted octanol–water partition coefficient (Wildman–Crippen LogP) is 3.52. The van der Waals surface area contributed by atoms with E-state index >= 15 is 0 Å². The number of rotatable bonds is 6. The number of fused-ring (bicyclic) bond motifs is 1. The fraction of sp³-hybridized carbons (Fsp3) is 0.348. The van der Waals surface area contributed by atoms with Crippen molar-refractivity contribution in [1.82, 2.24) is 15.3 Å². The van der Waals surface area contributed by atoms with Gasteiger partial charge < -0.3 is 16.0 Å². The fourth-order valence-corrected chi connectivity index (χ4v) is 3.99. The number of aromatic nitrogens is 2. The number of nitrogens with two attached hydrogens (primary N) is 1. The molecule has 8 heteroatoms. The van der Waals surface area contributed by atoms with Crippen LogP contribution in [0.4, 0.5) is 5.82 Å². The van der Waals surface area contributed by atoms with Gasteiger partial charge in [0.05, 0.1) is 5.52 Å². The van der Waals surface area contributed by atoms with Gasteiger partial charge in [0, 0.05) is 37.0 Å². The molecule has 1 saturated heterocycles. The summed E-state index contributed by atoms with van der Waals surface area (Å²) in [6, 6.07) is 18.2. The van der Waals surface area contributed by atoms with Crippen LogP contribution in [-0.2, 0) is 11.2 Å². The zero-order valence-electron chi connectivity index (χ0n) is 17.3. The molecule has 1 amide bonds. The standard InChI is InChI=1S/C23H27N5O.2ClH/c24-18(14-17-6-2-1-3-7-17)15-22(29)27-19-10-12-28(13-11-19)23-20-8-4-5-9-21(20)25-16-26-23;;/h1-9,16,18-19H,10-15,24H2,(H,27,29);2*1H. The molecular formula is C23H29Cl2N5O. The van der Waals surface area contributed by atoms with Crippen molar-refractivity contribution >= 4 is 47.4 Å². The van der Waals surface area contributed by atoms with E-state index in [2.05, 4.69) is 26.3 Å². The number of nitrogens with zero attached hydrogens (tertiary/aromatic N) is 3. The third-order valence-electron chi connectivity index (χ3n) is 5.47. The predicted molar refractivity (Wildman–Crippen MR) is 130 cm³/mol. The van der Waals surface area contributed by atoms with Crippen molar-refractivity contribution in [2.45, 2.75) is 37.8 Å². The number of piperidine rings is 1. The highest BCUT2D eigenvalue weighted by Crippen LogP contribution is 2.25. The average molecular weight is 462 g/mol. The summed E-state index contributed by atoms with van der Waals surface area (Å²) >= 11 is 0. The minimum Gasteiger partial charge on any atom is -0.356 e. The van der Waals surface area contributed by atoms with Gasteiger partial charge in [-0.05, 0) is 37.0 Å². The van der Waals surface area contributed by atoms with Crippen LogP contribution in [0.3, 0.4) is 0 Å². The van der Waals surface area contributed by atoms with E-state index in [1.54, 1.807) is 6.33 Å². The summed E-state index contributed by atoms with van der Waals surface area (Å²) in [6.45, 7) is 1.73. The van der Waals surface area contributed by atoms with Crippen LogP contribution in [0.1, 0.15) is 24.8 Å². The molecule has 0 saturated carbocycles. The highest BCUT2D eigenvalue weighted by molar-refractivity contribution is 5.89. The first-order valence-electron chi connectivity index (χ1n) is 10.2. The first-order chi connectivity index (χ1) is 14.2. The molecule has 0 aliphatic carbocycles. The van der Waals surface area contributed by atoms with E-state index < -0.39 is 0 Å². The molecule has 1 aromatic heterocycles. The lowest BCUT2D eigenvalue weighted by molar-refractivity contribution is -0.122. The monoisotopic (exact) mass is 461 g/mol. The van der Waals surface area contributed by atoms with Gasteiger partial charge in [0.2, 0.25) is 5.91 Å². The molecule has 1 fully saturated rings. The quantitative estimate of drug-likeness (QED) is 0.586. The van der Waals surface area contributed by atoms with Crippen molar-refractivity contribution in [3.8, 4) is 0 Å². The fourth-order valence-electron chi connectivity index (χ4n) is 3.99. The van der Waals surface area contributed by atoms with Crippen molar-refractivity contribution in [3.63, 3.8) is 0 Å². The maximum Gasteiger partial charge on any atom is 0.221 e. The average Bonchev–Trinajstić information content (AvgIpc) is 2.74. The Morgan fingerprint density at radius 2 is 1.71 bits per heavy atom. The molecular weight excluding hydrogens is 433 g/mol. The molecule has 3 N–H and O–H groups in total. The van der Waals surface area contributed by atoms with Gasteiger partial charge in [-0.15, -0.1) is 24.8 Å². The SMILES string of the molecule is Cl.Cl.NC(CC(=O)NC1CCN(c2ncnc3ccccc23)CC1)Cc1ccccc1. The number of carbonyl (C=O) groups is 1. The molecule has 2 aromatic carbocycles. The Morgan fingerprint density at radius 1 is 1.03 bits per heavy atom. The molecule has 6 nitrogen and oxygen atoms in total. The van der Waals surface area contributed by atoms with Crippen molar-refractivity contribution in [2.24, 2.45) is 5.73 Å². The van der Waals surface area contributed by atoms with E-state index in [-0.39, 0.29) is 42.8 Å². The number of nitrogens with one attached hydrogen (secondary N) is 1.